The van der Waals surface area contributed by atoms with Gasteiger partial charge in [0.05, 0.1) is 29.9 Å². The first kappa shape index (κ1) is 23.5. The van der Waals surface area contributed by atoms with Crippen molar-refractivity contribution in [2.45, 2.75) is 24.8 Å². The quantitative estimate of drug-likeness (QED) is 0.377. The molecule has 0 saturated heterocycles. The number of hydrogen-bond acceptors (Lipinski definition) is 5. The van der Waals surface area contributed by atoms with Crippen molar-refractivity contribution in [3.63, 3.8) is 0 Å². The number of nitrogens with one attached hydrogen (secondary N) is 1. The molecule has 0 aliphatic heterocycles. The highest BCUT2D eigenvalue weighted by Crippen LogP contribution is 2.19. The lowest BCUT2D eigenvalue weighted by atomic mass is 10.1. The zero-order valence-corrected chi connectivity index (χ0v) is 19.6. The Labute approximate surface area is 198 Å². The van der Waals surface area contributed by atoms with Gasteiger partial charge in [0.1, 0.15) is 5.76 Å². The molecule has 0 saturated carbocycles. The van der Waals surface area contributed by atoms with Gasteiger partial charge in [-0.25, -0.2) is 13.1 Å². The van der Waals surface area contributed by atoms with Crippen LogP contribution in [0.15, 0.2) is 94.7 Å². The third kappa shape index (κ3) is 5.81. The molecule has 9 heteroatoms. The van der Waals surface area contributed by atoms with Gasteiger partial charge in [-0.1, -0.05) is 29.8 Å². The maximum atomic E-state index is 13.2. The lowest BCUT2D eigenvalue weighted by Crippen LogP contribution is -2.40. The number of carbonyl (C=O) groups is 1. The van der Waals surface area contributed by atoms with Crippen LogP contribution in [0.2, 0.25) is 0 Å². The van der Waals surface area contributed by atoms with E-state index in [0.717, 1.165) is 21.1 Å². The Bertz CT molecular complexity index is 1300. The Morgan fingerprint density at radius 3 is 2.47 bits per heavy atom. The van der Waals surface area contributed by atoms with Crippen LogP contribution in [0.3, 0.4) is 0 Å². The molecule has 0 radical (unpaired) electrons. The molecule has 0 bridgehead atoms. The van der Waals surface area contributed by atoms with Crippen molar-refractivity contribution in [1.82, 2.24) is 19.4 Å². The molecule has 2 aromatic heterocycles. The summed E-state index contributed by atoms with van der Waals surface area (Å²) >= 11 is 0. The minimum absolute atomic E-state index is 0.0362. The number of hydrogen-bond donors (Lipinski definition) is 1. The van der Waals surface area contributed by atoms with E-state index in [0.29, 0.717) is 18.7 Å². The van der Waals surface area contributed by atoms with Crippen LogP contribution in [0.5, 0.6) is 0 Å². The van der Waals surface area contributed by atoms with Crippen LogP contribution in [0.4, 0.5) is 0 Å². The second kappa shape index (κ2) is 10.5. The third-order valence-electron chi connectivity index (χ3n) is 5.33. The van der Waals surface area contributed by atoms with E-state index in [9.17, 15) is 13.2 Å². The number of benzene rings is 2. The Morgan fingerprint density at radius 2 is 1.82 bits per heavy atom. The smallest absolute Gasteiger partial charge is 0.243 e. The second-order valence-corrected chi connectivity index (χ2v) is 9.82. The third-order valence-corrected chi connectivity index (χ3v) is 7.14. The van der Waals surface area contributed by atoms with Crippen molar-refractivity contribution in [3.8, 4) is 5.69 Å². The molecule has 1 N–H and O–H groups in total. The molecule has 2 heterocycles. The summed E-state index contributed by atoms with van der Waals surface area (Å²) in [5.41, 5.74) is 2.95. The number of carbonyl (C=O) groups excluding carboxylic acids is 1. The van der Waals surface area contributed by atoms with Gasteiger partial charge in [0, 0.05) is 18.9 Å². The predicted octanol–water partition coefficient (Wildman–Crippen LogP) is 3.32. The molecule has 2 aromatic carbocycles. The largest absolute Gasteiger partial charge is 0.468 e. The first-order valence-corrected chi connectivity index (χ1v) is 12.3. The zero-order chi connectivity index (χ0) is 24.0. The van der Waals surface area contributed by atoms with Crippen LogP contribution in [0.25, 0.3) is 5.69 Å². The van der Waals surface area contributed by atoms with E-state index < -0.39 is 10.0 Å². The monoisotopic (exact) mass is 478 g/mol. The van der Waals surface area contributed by atoms with Crippen molar-refractivity contribution >= 4 is 15.9 Å². The fraction of sp³-hybridized carbons (Fsp3) is 0.200. The maximum absolute atomic E-state index is 13.2. The molecule has 4 rings (SSSR count). The fourth-order valence-corrected chi connectivity index (χ4v) is 4.82. The number of amides is 1. The van der Waals surface area contributed by atoms with Crippen LogP contribution in [-0.4, -0.2) is 41.5 Å². The molecule has 0 atom stereocenters. The van der Waals surface area contributed by atoms with Gasteiger partial charge >= 0.3 is 0 Å². The average molecular weight is 479 g/mol. The summed E-state index contributed by atoms with van der Waals surface area (Å²) in [5, 5.41) is 7.02. The number of nitrogens with zero attached hydrogens (tertiary/aromatic N) is 3. The number of sulfonamides is 1. The molecule has 0 unspecified atom stereocenters. The fourth-order valence-electron chi connectivity index (χ4n) is 3.46. The summed E-state index contributed by atoms with van der Waals surface area (Å²) in [7, 11) is -3.89. The number of furan rings is 1. The number of aromatic nitrogens is 2. The molecular formula is C25H26N4O4S. The van der Waals surface area contributed by atoms with Gasteiger partial charge in [0.25, 0.3) is 0 Å². The summed E-state index contributed by atoms with van der Waals surface area (Å²) in [6.45, 7) is 1.93. The Morgan fingerprint density at radius 1 is 1.06 bits per heavy atom. The minimum Gasteiger partial charge on any atom is -0.468 e. The van der Waals surface area contributed by atoms with Crippen molar-refractivity contribution in [2.24, 2.45) is 0 Å². The summed E-state index contributed by atoms with van der Waals surface area (Å²) in [6, 6.07) is 19.7. The van der Waals surface area contributed by atoms with Crippen molar-refractivity contribution in [1.29, 1.82) is 0 Å². The first-order chi connectivity index (χ1) is 16.4. The van der Waals surface area contributed by atoms with Crippen LogP contribution in [0, 0.1) is 6.92 Å². The lowest BCUT2D eigenvalue weighted by molar-refractivity contribution is -0.121. The molecule has 176 valence electrons. The highest BCUT2D eigenvalue weighted by molar-refractivity contribution is 7.89. The topological polar surface area (TPSA) is 97.4 Å². The molecule has 0 aliphatic carbocycles. The molecule has 4 aromatic rings. The Hall–Kier alpha value is -3.69. The van der Waals surface area contributed by atoms with Gasteiger partial charge < -0.3 is 9.73 Å². The molecule has 0 fully saturated rings. The maximum Gasteiger partial charge on any atom is 0.243 e. The SMILES string of the molecule is Cc1ccc(S(=O)(=O)N(CC(=O)NCCc2ccc(-n3cccn3)cc2)Cc2ccco2)cc1. The molecule has 0 aliphatic rings. The van der Waals surface area contributed by atoms with Crippen LogP contribution in [-0.2, 0) is 27.8 Å². The van der Waals surface area contributed by atoms with Gasteiger partial charge in [-0.2, -0.15) is 9.40 Å². The van der Waals surface area contributed by atoms with Crippen molar-refractivity contribution in [3.05, 3.63) is 102 Å². The van der Waals surface area contributed by atoms with Gasteiger partial charge in [-0.15, -0.1) is 0 Å². The standard InChI is InChI=1S/C25H26N4O4S/c1-20-5-11-24(12-6-20)34(31,32)28(18-23-4-2-17-33-23)19-25(30)26-15-13-21-7-9-22(10-8-21)29-16-3-14-27-29/h2-12,14,16-17H,13,15,18-19H2,1H3,(H,26,30). The summed E-state index contributed by atoms with van der Waals surface area (Å²) in [6.07, 6.45) is 5.68. The number of aryl methyl sites for hydroxylation is 1. The summed E-state index contributed by atoms with van der Waals surface area (Å²) < 4.78 is 34.7. The van der Waals surface area contributed by atoms with Crippen LogP contribution >= 0.6 is 0 Å². The Balaban J connectivity index is 1.38. The van der Waals surface area contributed by atoms with Gasteiger partial charge in [0.15, 0.2) is 0 Å². The van der Waals surface area contributed by atoms with E-state index in [2.05, 4.69) is 10.4 Å². The van der Waals surface area contributed by atoms with Crippen molar-refractivity contribution in [2.75, 3.05) is 13.1 Å². The Kier molecular flexibility index (Phi) is 7.24. The van der Waals surface area contributed by atoms with E-state index >= 15 is 0 Å². The van der Waals surface area contributed by atoms with Gasteiger partial charge in [-0.3, -0.25) is 4.79 Å². The molecule has 34 heavy (non-hydrogen) atoms. The average Bonchev–Trinajstić information content (AvgIpc) is 3.54. The predicted molar refractivity (Wildman–Crippen MR) is 128 cm³/mol. The molecule has 0 spiro atoms. The molecule has 8 nitrogen and oxygen atoms in total. The van der Waals surface area contributed by atoms with E-state index in [-0.39, 0.29) is 23.9 Å². The van der Waals surface area contributed by atoms with E-state index in [4.69, 9.17) is 4.42 Å². The normalized spacial score (nSPS) is 11.6. The van der Waals surface area contributed by atoms with Gasteiger partial charge in [0.2, 0.25) is 15.9 Å². The number of rotatable bonds is 10. The van der Waals surface area contributed by atoms with E-state index in [1.807, 2.05) is 43.5 Å². The minimum atomic E-state index is -3.89. The van der Waals surface area contributed by atoms with E-state index in [1.54, 1.807) is 47.3 Å². The van der Waals surface area contributed by atoms with Crippen molar-refractivity contribution < 1.29 is 17.6 Å². The highest BCUT2D eigenvalue weighted by atomic mass is 32.2. The van der Waals surface area contributed by atoms with Crippen LogP contribution < -0.4 is 5.32 Å². The van der Waals surface area contributed by atoms with E-state index in [1.165, 1.54) is 6.26 Å². The molecular weight excluding hydrogens is 452 g/mol. The summed E-state index contributed by atoms with van der Waals surface area (Å²) in [5.74, 6) is 0.0798. The summed E-state index contributed by atoms with van der Waals surface area (Å²) in [4.78, 5) is 12.8. The van der Waals surface area contributed by atoms with Crippen LogP contribution in [0.1, 0.15) is 16.9 Å². The highest BCUT2D eigenvalue weighted by Gasteiger charge is 2.27. The lowest BCUT2D eigenvalue weighted by Gasteiger charge is -2.21. The molecule has 1 amide bonds. The zero-order valence-electron chi connectivity index (χ0n) is 18.8. The first-order valence-electron chi connectivity index (χ1n) is 10.9. The second-order valence-electron chi connectivity index (χ2n) is 7.88. The van der Waals surface area contributed by atoms with Gasteiger partial charge in [-0.05, 0) is 61.4 Å².